The Hall–Kier alpha value is -4.27. The number of methoxy groups -OCH3 is 1. The summed E-state index contributed by atoms with van der Waals surface area (Å²) < 4.78 is 11.2. The van der Waals surface area contributed by atoms with E-state index < -0.39 is 36.5 Å². The number of piperazine rings is 1. The largest absolute Gasteiger partial charge is 0.507 e. The van der Waals surface area contributed by atoms with E-state index in [1.54, 1.807) is 31.5 Å². The molecule has 5 atom stereocenters. The molecular formula is C34H39N5O8. The molecule has 47 heavy (non-hydrogen) atoms. The van der Waals surface area contributed by atoms with Gasteiger partial charge in [0.15, 0.2) is 6.10 Å². The highest BCUT2D eigenvalue weighted by Crippen LogP contribution is 2.44. The van der Waals surface area contributed by atoms with Crippen LogP contribution >= 0.6 is 0 Å². The van der Waals surface area contributed by atoms with Gasteiger partial charge in [0.2, 0.25) is 0 Å². The third-order valence-corrected chi connectivity index (χ3v) is 9.90. The first-order chi connectivity index (χ1) is 22.7. The van der Waals surface area contributed by atoms with Gasteiger partial charge < -0.3 is 44.8 Å². The first-order valence-electron chi connectivity index (χ1n) is 15.9. The molecule has 5 unspecified atom stereocenters. The fourth-order valence-electron chi connectivity index (χ4n) is 7.34. The highest BCUT2D eigenvalue weighted by atomic mass is 16.6. The van der Waals surface area contributed by atoms with Crippen molar-refractivity contribution in [1.29, 1.82) is 0 Å². The Labute approximate surface area is 271 Å². The van der Waals surface area contributed by atoms with E-state index in [-0.39, 0.29) is 11.3 Å². The zero-order chi connectivity index (χ0) is 32.8. The number of aliphatic hydroxyl groups excluding tert-OH is 3. The van der Waals surface area contributed by atoms with Gasteiger partial charge in [-0.3, -0.25) is 14.9 Å². The molecule has 2 aromatic carbocycles. The smallest absolute Gasteiger partial charge is 0.335 e. The number of pyridine rings is 2. The molecule has 0 bridgehead atoms. The Morgan fingerprint density at radius 2 is 1.51 bits per heavy atom. The second-order valence-electron chi connectivity index (χ2n) is 12.5. The fourth-order valence-corrected chi connectivity index (χ4v) is 7.34. The molecule has 3 saturated heterocycles. The number of aliphatic hydroxyl groups is 3. The van der Waals surface area contributed by atoms with Crippen molar-refractivity contribution >= 4 is 39.1 Å². The zero-order valence-corrected chi connectivity index (χ0v) is 26.0. The van der Waals surface area contributed by atoms with E-state index in [9.17, 15) is 30.3 Å². The predicted molar refractivity (Wildman–Crippen MR) is 174 cm³/mol. The van der Waals surface area contributed by atoms with Gasteiger partial charge in [0, 0.05) is 80.1 Å². The molecule has 5 heterocycles. The summed E-state index contributed by atoms with van der Waals surface area (Å²) in [5.41, 5.74) is 3.47. The topological polar surface area (TPSA) is 172 Å². The van der Waals surface area contributed by atoms with Crippen LogP contribution in [0.2, 0.25) is 0 Å². The Kier molecular flexibility index (Phi) is 8.49. The maximum absolute atomic E-state index is 11.8. The monoisotopic (exact) mass is 645 g/mol. The number of aromatic hydroxyl groups is 1. The van der Waals surface area contributed by atoms with Gasteiger partial charge in [0.25, 0.3) is 0 Å². The van der Waals surface area contributed by atoms with Crippen molar-refractivity contribution in [1.82, 2.24) is 14.9 Å². The second-order valence-corrected chi connectivity index (χ2v) is 12.5. The van der Waals surface area contributed by atoms with Crippen LogP contribution in [0.3, 0.4) is 0 Å². The Balaban J connectivity index is 1.08. The normalized spacial score (nSPS) is 26.2. The van der Waals surface area contributed by atoms with Gasteiger partial charge in [-0.25, -0.2) is 4.79 Å². The number of phenolic OH excluding ortho intramolecular Hbond substituents is 1. The molecule has 2 aromatic heterocycles. The summed E-state index contributed by atoms with van der Waals surface area (Å²) in [5, 5.41) is 53.8. The molecule has 0 spiro atoms. The summed E-state index contributed by atoms with van der Waals surface area (Å²) in [4.78, 5) is 28.1. The van der Waals surface area contributed by atoms with Crippen molar-refractivity contribution < 1.29 is 39.8 Å². The molecule has 5 N–H and O–H groups in total. The van der Waals surface area contributed by atoms with Gasteiger partial charge in [-0.1, -0.05) is 6.07 Å². The molecule has 13 nitrogen and oxygen atoms in total. The number of piperidine rings is 1. The van der Waals surface area contributed by atoms with Crippen molar-refractivity contribution in [2.45, 2.75) is 49.4 Å². The summed E-state index contributed by atoms with van der Waals surface area (Å²) in [6.07, 6.45) is -3.15. The quantitative estimate of drug-likeness (QED) is 0.206. The zero-order valence-electron chi connectivity index (χ0n) is 26.0. The number of phenols is 1. The number of ether oxygens (including phenoxy) is 2. The van der Waals surface area contributed by atoms with Crippen LogP contribution in [0.1, 0.15) is 24.5 Å². The van der Waals surface area contributed by atoms with E-state index in [4.69, 9.17) is 9.47 Å². The number of nitrogens with zero attached hydrogens (tertiary/aromatic N) is 5. The van der Waals surface area contributed by atoms with Crippen LogP contribution in [0.4, 0.5) is 11.4 Å². The highest BCUT2D eigenvalue weighted by molar-refractivity contribution is 5.96. The Bertz CT molecular complexity index is 1770. The van der Waals surface area contributed by atoms with E-state index in [0.717, 1.165) is 80.1 Å². The summed E-state index contributed by atoms with van der Waals surface area (Å²) in [5.74, 6) is -0.887. The maximum atomic E-state index is 11.8. The molecule has 3 aliphatic heterocycles. The molecular weight excluding hydrogens is 606 g/mol. The molecule has 0 saturated carbocycles. The summed E-state index contributed by atoms with van der Waals surface area (Å²) >= 11 is 0. The average Bonchev–Trinajstić information content (AvgIpc) is 3.11. The average molecular weight is 646 g/mol. The van der Waals surface area contributed by atoms with E-state index in [0.29, 0.717) is 16.9 Å². The molecule has 7 rings (SSSR count). The minimum Gasteiger partial charge on any atom is -0.507 e. The summed E-state index contributed by atoms with van der Waals surface area (Å²) in [6, 6.07) is 13.5. The first-order valence-corrected chi connectivity index (χ1v) is 15.9. The third kappa shape index (κ3) is 5.68. The standard InChI is InChI=1S/C34H39N5O8/c1-46-21-16-19-4-2-8-35-26(19)24(17-21)39-14-12-37(13-15-39)20-6-10-38(11-7-20)25-18-23(28(40)22-5-3-9-36-27(22)25)32-30(42)29(41)31(43)33(47-32)34(44)45/h2-5,8-9,16-18,20,29-33,40-43H,6-7,10-15H2,1H3,(H,44,45). The number of benzene rings is 2. The van der Waals surface area contributed by atoms with E-state index >= 15 is 0 Å². The second kappa shape index (κ2) is 12.7. The Morgan fingerprint density at radius 3 is 2.21 bits per heavy atom. The van der Waals surface area contributed by atoms with Crippen molar-refractivity contribution in [3.8, 4) is 11.5 Å². The number of hydrogen-bond acceptors (Lipinski definition) is 12. The van der Waals surface area contributed by atoms with Gasteiger partial charge in [0.05, 0.1) is 29.5 Å². The van der Waals surface area contributed by atoms with Crippen LogP contribution in [-0.2, 0) is 9.53 Å². The van der Waals surface area contributed by atoms with E-state index in [1.165, 1.54) is 0 Å². The van der Waals surface area contributed by atoms with Crippen molar-refractivity contribution in [3.05, 3.63) is 60.4 Å². The molecule has 3 fully saturated rings. The molecule has 0 radical (unpaired) electrons. The maximum Gasteiger partial charge on any atom is 0.335 e. The van der Waals surface area contributed by atoms with Gasteiger partial charge in [-0.15, -0.1) is 0 Å². The number of fused-ring (bicyclic) bond motifs is 2. The van der Waals surface area contributed by atoms with Crippen LogP contribution < -0.4 is 14.5 Å². The van der Waals surface area contributed by atoms with Crippen molar-refractivity contribution in [2.24, 2.45) is 0 Å². The fraction of sp³-hybridized carbons (Fsp3) is 0.441. The summed E-state index contributed by atoms with van der Waals surface area (Å²) in [7, 11) is 1.68. The van der Waals surface area contributed by atoms with Crippen LogP contribution in [-0.4, -0.2) is 123 Å². The number of anilines is 2. The molecule has 13 heteroatoms. The van der Waals surface area contributed by atoms with Crippen molar-refractivity contribution in [3.63, 3.8) is 0 Å². The third-order valence-electron chi connectivity index (χ3n) is 9.90. The van der Waals surface area contributed by atoms with E-state index in [1.807, 2.05) is 18.3 Å². The van der Waals surface area contributed by atoms with E-state index in [2.05, 4.69) is 36.8 Å². The minimum atomic E-state index is -1.82. The lowest BCUT2D eigenvalue weighted by atomic mass is 9.89. The van der Waals surface area contributed by atoms with Crippen LogP contribution in [0.15, 0.2) is 54.9 Å². The lowest BCUT2D eigenvalue weighted by Crippen LogP contribution is -2.56. The molecule has 0 aliphatic carbocycles. The number of carbonyl (C=O) groups is 1. The van der Waals surface area contributed by atoms with Gasteiger partial charge in [0.1, 0.15) is 35.9 Å². The van der Waals surface area contributed by atoms with Crippen LogP contribution in [0, 0.1) is 0 Å². The predicted octanol–water partition coefficient (Wildman–Crippen LogP) is 1.90. The van der Waals surface area contributed by atoms with Gasteiger partial charge in [-0.2, -0.15) is 0 Å². The molecule has 3 aliphatic rings. The van der Waals surface area contributed by atoms with Crippen LogP contribution in [0.5, 0.6) is 11.5 Å². The van der Waals surface area contributed by atoms with Gasteiger partial charge in [-0.05, 0) is 43.2 Å². The Morgan fingerprint density at radius 1 is 0.851 bits per heavy atom. The first kappa shape index (κ1) is 31.3. The minimum absolute atomic E-state index is 0.128. The SMILES string of the molecule is COc1cc(N2CCN(C3CCN(c4cc(C5OC(C(=O)O)C(O)C(O)C5O)c(O)c5cccnc45)CC3)CC2)c2ncccc2c1. The van der Waals surface area contributed by atoms with Crippen LogP contribution in [0.25, 0.3) is 21.8 Å². The highest BCUT2D eigenvalue weighted by Gasteiger charge is 2.48. The number of aliphatic carboxylic acids is 1. The molecule has 4 aromatic rings. The number of aromatic nitrogens is 2. The number of carboxylic acids is 1. The number of hydrogen-bond donors (Lipinski definition) is 5. The molecule has 248 valence electrons. The number of carboxylic acid groups (broad SMARTS) is 1. The number of rotatable bonds is 6. The lowest BCUT2D eigenvalue weighted by Gasteiger charge is -2.44. The molecule has 0 amide bonds. The van der Waals surface area contributed by atoms with Gasteiger partial charge >= 0.3 is 5.97 Å². The van der Waals surface area contributed by atoms with Crippen molar-refractivity contribution in [2.75, 3.05) is 56.2 Å². The summed E-state index contributed by atoms with van der Waals surface area (Å²) in [6.45, 7) is 5.02. The lowest BCUT2D eigenvalue weighted by molar-refractivity contribution is -0.230.